The minimum Gasteiger partial charge on any atom is -0.497 e. The van der Waals surface area contributed by atoms with Crippen LogP contribution in [0.1, 0.15) is 52.9 Å². The Morgan fingerprint density at radius 1 is 1.09 bits per heavy atom. The zero-order valence-electron chi connectivity index (χ0n) is 18.4. The van der Waals surface area contributed by atoms with E-state index in [1.807, 2.05) is 25.2 Å². The fourth-order valence-corrected chi connectivity index (χ4v) is 6.03. The second-order valence-corrected chi connectivity index (χ2v) is 9.40. The van der Waals surface area contributed by atoms with Crippen molar-refractivity contribution in [2.75, 3.05) is 24.8 Å². The van der Waals surface area contributed by atoms with Gasteiger partial charge in [0.05, 0.1) is 22.5 Å². The fraction of sp³-hybridized carbons (Fsp3) is 0.375. The monoisotopic (exact) mass is 449 g/mol. The third-order valence-electron chi connectivity index (χ3n) is 6.54. The van der Waals surface area contributed by atoms with Gasteiger partial charge in [-0.2, -0.15) is 0 Å². The molecule has 2 aromatic heterocycles. The fourth-order valence-electron chi connectivity index (χ4n) is 4.92. The second kappa shape index (κ2) is 8.43. The number of nitrogens with one attached hydrogen (secondary N) is 2. The Balaban J connectivity index is 1.45. The molecule has 0 atom stereocenters. The van der Waals surface area contributed by atoms with E-state index in [2.05, 4.69) is 43.7 Å². The number of rotatable bonds is 6. The van der Waals surface area contributed by atoms with Crippen molar-refractivity contribution in [3.63, 3.8) is 0 Å². The molecule has 1 spiro atoms. The normalized spacial score (nSPS) is 16.8. The topological polar surface area (TPSA) is 79.4 Å². The number of ether oxygens (including phenoxy) is 1. The Labute approximate surface area is 191 Å². The van der Waals surface area contributed by atoms with Crippen LogP contribution in [-0.4, -0.2) is 34.9 Å². The Kier molecular flexibility index (Phi) is 5.46. The second-order valence-electron chi connectivity index (χ2n) is 8.35. The van der Waals surface area contributed by atoms with Crippen molar-refractivity contribution in [2.45, 2.75) is 44.2 Å². The largest absolute Gasteiger partial charge is 0.497 e. The van der Waals surface area contributed by atoms with Crippen molar-refractivity contribution >= 4 is 33.9 Å². The van der Waals surface area contributed by atoms with Crippen LogP contribution in [0.2, 0.25) is 0 Å². The van der Waals surface area contributed by atoms with Gasteiger partial charge in [-0.15, -0.1) is 11.3 Å². The van der Waals surface area contributed by atoms with Crippen LogP contribution < -0.4 is 15.4 Å². The van der Waals surface area contributed by atoms with E-state index < -0.39 is 0 Å². The maximum atomic E-state index is 13.6. The molecular formula is C24H27N5O2S. The SMILES string of the molecule is CNc1cc(Nc2cc3c(s2)C(=O)N(Cc2ccc(OC)cc2)C32CCCCC2)ncn1. The number of methoxy groups -OCH3 is 1. The number of carbonyl (C=O) groups is 1. The average molecular weight is 450 g/mol. The van der Waals surface area contributed by atoms with Crippen LogP contribution in [0.15, 0.2) is 42.7 Å². The minimum atomic E-state index is -0.219. The van der Waals surface area contributed by atoms with Gasteiger partial charge in [0.1, 0.15) is 23.7 Å². The number of nitrogens with zero attached hydrogens (tertiary/aromatic N) is 3. The number of carbonyl (C=O) groups excluding carboxylic acids is 1. The van der Waals surface area contributed by atoms with Gasteiger partial charge in [0.2, 0.25) is 0 Å². The summed E-state index contributed by atoms with van der Waals surface area (Å²) in [6.45, 7) is 0.616. The van der Waals surface area contributed by atoms with Gasteiger partial charge in [0.25, 0.3) is 5.91 Å². The lowest BCUT2D eigenvalue weighted by atomic mass is 9.77. The lowest BCUT2D eigenvalue weighted by molar-refractivity contribution is 0.0388. The predicted molar refractivity (Wildman–Crippen MR) is 127 cm³/mol. The number of amides is 1. The van der Waals surface area contributed by atoms with Gasteiger partial charge in [0.15, 0.2) is 0 Å². The molecular weight excluding hydrogens is 422 g/mol. The third kappa shape index (κ3) is 3.58. The molecule has 0 bridgehead atoms. The minimum absolute atomic E-state index is 0.134. The van der Waals surface area contributed by atoms with Gasteiger partial charge < -0.3 is 20.3 Å². The molecule has 1 amide bonds. The Morgan fingerprint density at radius 3 is 2.56 bits per heavy atom. The van der Waals surface area contributed by atoms with Crippen LogP contribution in [0.25, 0.3) is 0 Å². The number of hydrogen-bond acceptors (Lipinski definition) is 7. The van der Waals surface area contributed by atoms with Crippen LogP contribution in [-0.2, 0) is 12.1 Å². The molecule has 1 fully saturated rings. The van der Waals surface area contributed by atoms with Gasteiger partial charge >= 0.3 is 0 Å². The van der Waals surface area contributed by atoms with E-state index in [9.17, 15) is 4.79 Å². The van der Waals surface area contributed by atoms with Crippen molar-refractivity contribution in [1.82, 2.24) is 14.9 Å². The molecule has 0 radical (unpaired) electrons. The van der Waals surface area contributed by atoms with Crippen molar-refractivity contribution < 1.29 is 9.53 Å². The molecule has 1 saturated carbocycles. The average Bonchev–Trinajstić information content (AvgIpc) is 3.34. The molecule has 7 nitrogen and oxygen atoms in total. The lowest BCUT2D eigenvalue weighted by Gasteiger charge is -2.42. The summed E-state index contributed by atoms with van der Waals surface area (Å²) in [5.41, 5.74) is 2.08. The van der Waals surface area contributed by atoms with Gasteiger partial charge in [-0.1, -0.05) is 31.4 Å². The molecule has 0 unspecified atom stereocenters. The summed E-state index contributed by atoms with van der Waals surface area (Å²) in [7, 11) is 3.50. The standard InChI is InChI=1S/C24H27N5O2S/c1-25-19-13-20(27-15-26-19)28-21-12-18-22(32-21)23(30)29(24(18)10-4-3-5-11-24)14-16-6-8-17(31-2)9-7-16/h6-9,12-13,15H,3-5,10-11,14H2,1-2H3,(H2,25,26,27,28). The number of anilines is 3. The van der Waals surface area contributed by atoms with Crippen LogP contribution in [0, 0.1) is 0 Å². The first-order valence-electron chi connectivity index (χ1n) is 11.0. The highest BCUT2D eigenvalue weighted by Crippen LogP contribution is 2.53. The molecule has 8 heteroatoms. The highest BCUT2D eigenvalue weighted by atomic mass is 32.1. The zero-order valence-corrected chi connectivity index (χ0v) is 19.2. The summed E-state index contributed by atoms with van der Waals surface area (Å²) in [6, 6.07) is 12.1. The molecule has 32 heavy (non-hydrogen) atoms. The highest BCUT2D eigenvalue weighted by molar-refractivity contribution is 7.18. The van der Waals surface area contributed by atoms with Crippen molar-refractivity contribution in [2.24, 2.45) is 0 Å². The number of thiophene rings is 1. The number of fused-ring (bicyclic) bond motifs is 2. The molecule has 166 valence electrons. The summed E-state index contributed by atoms with van der Waals surface area (Å²) < 4.78 is 5.29. The third-order valence-corrected chi connectivity index (χ3v) is 7.58. The number of benzene rings is 1. The maximum absolute atomic E-state index is 13.6. The quantitative estimate of drug-likeness (QED) is 0.542. The summed E-state index contributed by atoms with van der Waals surface area (Å²) in [5, 5.41) is 7.34. The molecule has 2 N–H and O–H groups in total. The lowest BCUT2D eigenvalue weighted by Crippen LogP contribution is -2.44. The first kappa shape index (κ1) is 20.8. The van der Waals surface area contributed by atoms with Crippen LogP contribution in [0.5, 0.6) is 5.75 Å². The molecule has 1 aromatic carbocycles. The van der Waals surface area contributed by atoms with E-state index in [1.54, 1.807) is 7.11 Å². The number of hydrogen-bond donors (Lipinski definition) is 2. The van der Waals surface area contributed by atoms with Gasteiger partial charge in [-0.05, 0) is 36.6 Å². The van der Waals surface area contributed by atoms with Crippen molar-refractivity contribution in [1.29, 1.82) is 0 Å². The van der Waals surface area contributed by atoms with Gasteiger partial charge in [-0.3, -0.25) is 4.79 Å². The van der Waals surface area contributed by atoms with Crippen LogP contribution in [0.4, 0.5) is 16.6 Å². The summed E-state index contributed by atoms with van der Waals surface area (Å²) >= 11 is 1.52. The molecule has 2 aliphatic rings. The Morgan fingerprint density at radius 2 is 1.84 bits per heavy atom. The smallest absolute Gasteiger partial charge is 0.265 e. The van der Waals surface area contributed by atoms with Crippen LogP contribution in [0.3, 0.4) is 0 Å². The summed E-state index contributed by atoms with van der Waals surface area (Å²) in [6.07, 6.45) is 7.05. The first-order valence-corrected chi connectivity index (χ1v) is 11.8. The molecule has 5 rings (SSSR count). The molecule has 3 heterocycles. The highest BCUT2D eigenvalue weighted by Gasteiger charge is 2.51. The molecule has 1 aliphatic heterocycles. The number of aromatic nitrogens is 2. The zero-order chi connectivity index (χ0) is 22.1. The Bertz CT molecular complexity index is 1120. The van der Waals surface area contributed by atoms with Gasteiger partial charge in [0, 0.05) is 25.2 Å². The molecule has 0 saturated heterocycles. The van der Waals surface area contributed by atoms with E-state index in [0.29, 0.717) is 12.4 Å². The summed E-state index contributed by atoms with van der Waals surface area (Å²) in [4.78, 5) is 25.1. The van der Waals surface area contributed by atoms with E-state index in [0.717, 1.165) is 52.7 Å². The van der Waals surface area contributed by atoms with E-state index in [4.69, 9.17) is 4.74 Å². The van der Waals surface area contributed by atoms with Crippen molar-refractivity contribution in [3.8, 4) is 5.75 Å². The van der Waals surface area contributed by atoms with Gasteiger partial charge in [-0.25, -0.2) is 9.97 Å². The Hall–Kier alpha value is -3.13. The van der Waals surface area contributed by atoms with Crippen molar-refractivity contribution in [3.05, 3.63) is 58.7 Å². The van der Waals surface area contributed by atoms with E-state index >= 15 is 0 Å². The van der Waals surface area contributed by atoms with Crippen LogP contribution >= 0.6 is 11.3 Å². The molecule has 1 aliphatic carbocycles. The van der Waals surface area contributed by atoms with E-state index in [1.165, 1.54) is 29.6 Å². The first-order chi connectivity index (χ1) is 15.6. The van der Waals surface area contributed by atoms with E-state index in [-0.39, 0.29) is 11.4 Å². The molecule has 3 aromatic rings. The maximum Gasteiger partial charge on any atom is 0.265 e. The predicted octanol–water partition coefficient (Wildman–Crippen LogP) is 5.15. The summed E-state index contributed by atoms with van der Waals surface area (Å²) in [5.74, 6) is 2.42.